The van der Waals surface area contributed by atoms with Gasteiger partial charge in [-0.1, -0.05) is 6.42 Å². The van der Waals surface area contributed by atoms with E-state index in [1.807, 2.05) is 0 Å². The molecule has 0 radical (unpaired) electrons. The van der Waals surface area contributed by atoms with Gasteiger partial charge in [-0.05, 0) is 68.2 Å². The van der Waals surface area contributed by atoms with Gasteiger partial charge in [0.15, 0.2) is 0 Å². The second-order valence-electron chi connectivity index (χ2n) is 8.13. The molecule has 1 N–H and O–H groups in total. The summed E-state index contributed by atoms with van der Waals surface area (Å²) in [5.41, 5.74) is -0.0222. The topological polar surface area (TPSA) is 49.4 Å². The molecule has 3 fully saturated rings. The van der Waals surface area contributed by atoms with E-state index in [0.29, 0.717) is 35.9 Å². The van der Waals surface area contributed by atoms with Crippen molar-refractivity contribution in [2.75, 3.05) is 5.32 Å². The molecule has 0 aromatic heterocycles. The molecule has 1 aromatic carbocycles. The van der Waals surface area contributed by atoms with Crippen molar-refractivity contribution in [1.82, 2.24) is 4.90 Å². The van der Waals surface area contributed by atoms with Crippen LogP contribution in [-0.2, 0) is 15.8 Å². The van der Waals surface area contributed by atoms with Gasteiger partial charge in [-0.2, -0.15) is 13.2 Å². The van der Waals surface area contributed by atoms with Crippen LogP contribution in [0.3, 0.4) is 0 Å². The minimum atomic E-state index is -4.41. The minimum Gasteiger partial charge on any atom is -0.327 e. The van der Waals surface area contributed by atoms with E-state index in [1.165, 1.54) is 19.4 Å². The normalized spacial score (nSPS) is 27.1. The fourth-order valence-electron chi connectivity index (χ4n) is 4.29. The SMILES string of the molecule is Cc1cc(C(F)(F)F)ccc1NC(=O)[C@@H]1C[C@@H]2C[C@@H]2N1C(=O)CC1CCC1. The van der Waals surface area contributed by atoms with E-state index in [1.54, 1.807) is 4.90 Å². The van der Waals surface area contributed by atoms with E-state index in [4.69, 9.17) is 0 Å². The predicted molar refractivity (Wildman–Crippen MR) is 93.9 cm³/mol. The molecule has 4 nitrogen and oxygen atoms in total. The first-order valence-electron chi connectivity index (χ1n) is 9.54. The maximum absolute atomic E-state index is 12.8. The van der Waals surface area contributed by atoms with E-state index in [2.05, 4.69) is 5.32 Å². The van der Waals surface area contributed by atoms with Crippen molar-refractivity contribution in [3.05, 3.63) is 29.3 Å². The van der Waals surface area contributed by atoms with Crippen molar-refractivity contribution < 1.29 is 22.8 Å². The Bertz CT molecular complexity index is 773. The number of amides is 2. The number of nitrogens with one attached hydrogen (secondary N) is 1. The highest BCUT2D eigenvalue weighted by molar-refractivity contribution is 5.98. The van der Waals surface area contributed by atoms with Crippen LogP contribution in [-0.4, -0.2) is 28.8 Å². The highest BCUT2D eigenvalue weighted by Crippen LogP contribution is 2.49. The van der Waals surface area contributed by atoms with E-state index >= 15 is 0 Å². The molecule has 0 spiro atoms. The number of alkyl halides is 3. The second-order valence-corrected chi connectivity index (χ2v) is 8.13. The van der Waals surface area contributed by atoms with Gasteiger partial charge in [0.1, 0.15) is 6.04 Å². The highest BCUT2D eigenvalue weighted by Gasteiger charge is 2.56. The quantitative estimate of drug-likeness (QED) is 0.854. The van der Waals surface area contributed by atoms with Crippen LogP contribution in [0.15, 0.2) is 18.2 Å². The molecule has 1 aliphatic heterocycles. The van der Waals surface area contributed by atoms with Crippen LogP contribution in [0.4, 0.5) is 18.9 Å². The zero-order chi connectivity index (χ0) is 19.3. The summed E-state index contributed by atoms with van der Waals surface area (Å²) in [4.78, 5) is 27.2. The molecule has 0 unspecified atom stereocenters. The van der Waals surface area contributed by atoms with Crippen LogP contribution in [0.25, 0.3) is 0 Å². The number of carbonyl (C=O) groups excluding carboxylic acids is 2. The monoisotopic (exact) mass is 380 g/mol. The molecule has 4 rings (SSSR count). The van der Waals surface area contributed by atoms with E-state index in [0.717, 1.165) is 31.4 Å². The molecular weight excluding hydrogens is 357 g/mol. The Morgan fingerprint density at radius 3 is 2.56 bits per heavy atom. The number of fused-ring (bicyclic) bond motifs is 1. The van der Waals surface area contributed by atoms with Crippen LogP contribution in [0.2, 0.25) is 0 Å². The highest BCUT2D eigenvalue weighted by atomic mass is 19.4. The minimum absolute atomic E-state index is 0.0500. The Hall–Kier alpha value is -2.05. The van der Waals surface area contributed by atoms with Gasteiger partial charge >= 0.3 is 6.18 Å². The van der Waals surface area contributed by atoms with E-state index in [9.17, 15) is 22.8 Å². The van der Waals surface area contributed by atoms with Gasteiger partial charge in [0.05, 0.1) is 5.56 Å². The fourth-order valence-corrected chi connectivity index (χ4v) is 4.29. The molecule has 3 aliphatic rings. The Balaban J connectivity index is 1.45. The number of carbonyl (C=O) groups is 2. The first-order chi connectivity index (χ1) is 12.7. The number of halogens is 3. The molecule has 7 heteroatoms. The summed E-state index contributed by atoms with van der Waals surface area (Å²) in [6, 6.07) is 2.94. The van der Waals surface area contributed by atoms with Crippen LogP contribution >= 0.6 is 0 Å². The van der Waals surface area contributed by atoms with Crippen molar-refractivity contribution >= 4 is 17.5 Å². The number of piperidine rings is 1. The standard InChI is InChI=1S/C20H23F3N2O2/c1-11-7-14(20(21,22)23)5-6-15(11)24-19(27)17-10-13-9-16(13)25(17)18(26)8-12-3-2-4-12/h5-7,12-13,16-17H,2-4,8-10H2,1H3,(H,24,27)/t13-,16-,17-/m0/s1. The van der Waals surface area contributed by atoms with Gasteiger partial charge in [-0.25, -0.2) is 0 Å². The lowest BCUT2D eigenvalue weighted by atomic mass is 9.82. The van der Waals surface area contributed by atoms with Gasteiger partial charge in [0, 0.05) is 18.2 Å². The van der Waals surface area contributed by atoms with E-state index < -0.39 is 17.8 Å². The molecular formula is C20H23F3N2O2. The molecule has 3 atom stereocenters. The van der Waals surface area contributed by atoms with Gasteiger partial charge in [-0.15, -0.1) is 0 Å². The Labute approximate surface area is 156 Å². The predicted octanol–water partition coefficient (Wildman–Crippen LogP) is 4.13. The maximum atomic E-state index is 12.8. The molecule has 2 aliphatic carbocycles. The van der Waals surface area contributed by atoms with Crippen LogP contribution in [0.5, 0.6) is 0 Å². The van der Waals surface area contributed by atoms with Crippen LogP contribution < -0.4 is 5.32 Å². The van der Waals surface area contributed by atoms with Crippen molar-refractivity contribution in [1.29, 1.82) is 0 Å². The van der Waals surface area contributed by atoms with Crippen molar-refractivity contribution in [3.63, 3.8) is 0 Å². The molecule has 146 valence electrons. The van der Waals surface area contributed by atoms with Gasteiger partial charge in [-0.3, -0.25) is 9.59 Å². The number of likely N-dealkylation sites (tertiary alicyclic amines) is 1. The maximum Gasteiger partial charge on any atom is 0.416 e. The zero-order valence-corrected chi connectivity index (χ0v) is 15.2. The smallest absolute Gasteiger partial charge is 0.327 e. The summed E-state index contributed by atoms with van der Waals surface area (Å²) in [6.45, 7) is 1.54. The second kappa shape index (κ2) is 6.53. The number of hydrogen-bond acceptors (Lipinski definition) is 2. The van der Waals surface area contributed by atoms with Crippen molar-refractivity contribution in [2.45, 2.75) is 63.7 Å². The van der Waals surface area contributed by atoms with Crippen molar-refractivity contribution in [3.8, 4) is 0 Å². The number of nitrogens with zero attached hydrogens (tertiary/aromatic N) is 1. The lowest BCUT2D eigenvalue weighted by molar-refractivity contribution is -0.139. The average molecular weight is 380 g/mol. The van der Waals surface area contributed by atoms with E-state index in [-0.39, 0.29) is 17.9 Å². The van der Waals surface area contributed by atoms with Gasteiger partial charge in [0.2, 0.25) is 11.8 Å². The third-order valence-corrected chi connectivity index (χ3v) is 6.19. The largest absolute Gasteiger partial charge is 0.416 e. The summed E-state index contributed by atoms with van der Waals surface area (Å²) >= 11 is 0. The summed E-state index contributed by atoms with van der Waals surface area (Å²) in [5, 5.41) is 2.74. The number of benzene rings is 1. The number of aryl methyl sites for hydroxylation is 1. The Morgan fingerprint density at radius 2 is 1.96 bits per heavy atom. The third kappa shape index (κ3) is 3.56. The lowest BCUT2D eigenvalue weighted by Crippen LogP contribution is -2.46. The molecule has 2 saturated carbocycles. The molecule has 1 aromatic rings. The molecule has 2 amide bonds. The summed E-state index contributed by atoms with van der Waals surface area (Å²) < 4.78 is 38.4. The molecule has 0 bridgehead atoms. The van der Waals surface area contributed by atoms with Crippen LogP contribution in [0.1, 0.15) is 49.7 Å². The summed E-state index contributed by atoms with van der Waals surface area (Å²) in [6.07, 6.45) is 1.02. The van der Waals surface area contributed by atoms with Crippen LogP contribution in [0, 0.1) is 18.8 Å². The fraction of sp³-hybridized carbons (Fsp3) is 0.600. The number of rotatable bonds is 4. The first-order valence-corrected chi connectivity index (χ1v) is 9.54. The Kier molecular flexibility index (Phi) is 4.43. The zero-order valence-electron chi connectivity index (χ0n) is 15.2. The summed E-state index contributed by atoms with van der Waals surface area (Å²) in [7, 11) is 0. The number of anilines is 1. The third-order valence-electron chi connectivity index (χ3n) is 6.19. The lowest BCUT2D eigenvalue weighted by Gasteiger charge is -2.31. The van der Waals surface area contributed by atoms with Gasteiger partial charge < -0.3 is 10.2 Å². The Morgan fingerprint density at radius 1 is 1.22 bits per heavy atom. The van der Waals surface area contributed by atoms with Crippen molar-refractivity contribution in [2.24, 2.45) is 11.8 Å². The summed E-state index contributed by atoms with van der Waals surface area (Å²) in [5.74, 6) is 0.581. The molecule has 1 saturated heterocycles. The van der Waals surface area contributed by atoms with Gasteiger partial charge in [0.25, 0.3) is 0 Å². The number of hydrogen-bond donors (Lipinski definition) is 1. The first kappa shape index (κ1) is 18.3. The molecule has 1 heterocycles. The average Bonchev–Trinajstić information content (AvgIpc) is 3.21. The molecule has 27 heavy (non-hydrogen) atoms.